The highest BCUT2D eigenvalue weighted by molar-refractivity contribution is 5.86. The summed E-state index contributed by atoms with van der Waals surface area (Å²) in [5.41, 5.74) is 4.27. The maximum absolute atomic E-state index is 4.89. The van der Waals surface area contributed by atoms with Crippen LogP contribution in [0.4, 0.5) is 0 Å². The molecule has 0 aliphatic carbocycles. The van der Waals surface area contributed by atoms with Gasteiger partial charge in [0.25, 0.3) is 0 Å². The molecule has 0 bridgehead atoms. The van der Waals surface area contributed by atoms with Crippen LogP contribution in [0.2, 0.25) is 0 Å². The molecule has 4 rings (SSSR count). The number of hydrogen-bond donors (Lipinski definition) is 0. The molecule has 4 aromatic rings. The van der Waals surface area contributed by atoms with Crippen LogP contribution in [0.3, 0.4) is 0 Å². The van der Waals surface area contributed by atoms with Gasteiger partial charge >= 0.3 is 0 Å². The van der Waals surface area contributed by atoms with Gasteiger partial charge in [0.05, 0.1) is 0 Å². The van der Waals surface area contributed by atoms with Gasteiger partial charge in [-0.25, -0.2) is 0 Å². The fourth-order valence-electron chi connectivity index (χ4n) is 5.33. The van der Waals surface area contributed by atoms with Gasteiger partial charge in [-0.1, -0.05) is 123 Å². The third-order valence-corrected chi connectivity index (χ3v) is 7.12. The lowest BCUT2D eigenvalue weighted by Crippen LogP contribution is -2.33. The second-order valence-corrected chi connectivity index (χ2v) is 9.09. The van der Waals surface area contributed by atoms with Gasteiger partial charge in [0.2, 0.25) is 0 Å². The second-order valence-electron chi connectivity index (χ2n) is 9.09. The molecule has 0 amide bonds. The largest absolute Gasteiger partial charge is 0.0654 e. The van der Waals surface area contributed by atoms with E-state index >= 15 is 0 Å². The molecule has 0 fully saturated rings. The van der Waals surface area contributed by atoms with Crippen LogP contribution in [0.25, 0.3) is 10.8 Å². The molecule has 0 aromatic heterocycles. The Morgan fingerprint density at radius 3 is 2.06 bits per heavy atom. The van der Waals surface area contributed by atoms with Crippen molar-refractivity contribution in [1.29, 1.82) is 0 Å². The zero-order valence-corrected chi connectivity index (χ0v) is 19.3. The van der Waals surface area contributed by atoms with Gasteiger partial charge < -0.3 is 0 Å². The minimum absolute atomic E-state index is 0.0240. The summed E-state index contributed by atoms with van der Waals surface area (Å²) in [5, 5.41) is 2.65. The molecule has 0 saturated heterocycles. The standard InChI is InChI=1S/C32H35/c1-3-4-24-32(29-20-9-6-10-21-29,25-14-17-27-15-7-5-8-16-27)26(2)30-23-13-19-28-18-11-12-22-31(28)30/h5-13,15-16,18-23,26H,2-4,14,17,24-25H2,1H3. The van der Waals surface area contributed by atoms with E-state index in [1.165, 1.54) is 53.1 Å². The summed E-state index contributed by atoms with van der Waals surface area (Å²) in [6.07, 6.45) is 7.01. The first-order valence-corrected chi connectivity index (χ1v) is 12.1. The summed E-state index contributed by atoms with van der Waals surface area (Å²) in [4.78, 5) is 0. The van der Waals surface area contributed by atoms with E-state index < -0.39 is 0 Å². The highest BCUT2D eigenvalue weighted by Crippen LogP contribution is 2.48. The zero-order chi connectivity index (χ0) is 22.2. The Kier molecular flexibility index (Phi) is 7.43. The molecular formula is C32H35. The van der Waals surface area contributed by atoms with Crippen molar-refractivity contribution in [2.24, 2.45) is 0 Å². The molecule has 0 aliphatic heterocycles. The molecule has 0 spiro atoms. The van der Waals surface area contributed by atoms with Crippen molar-refractivity contribution in [3.05, 3.63) is 127 Å². The van der Waals surface area contributed by atoms with Crippen LogP contribution in [0, 0.1) is 6.92 Å². The number of fused-ring (bicyclic) bond motifs is 1. The quantitative estimate of drug-likeness (QED) is 0.241. The summed E-state index contributed by atoms with van der Waals surface area (Å²) < 4.78 is 0. The van der Waals surface area contributed by atoms with Crippen molar-refractivity contribution < 1.29 is 0 Å². The first kappa shape index (κ1) is 22.3. The number of benzene rings is 4. The molecule has 4 aromatic carbocycles. The van der Waals surface area contributed by atoms with Gasteiger partial charge in [-0.05, 0) is 66.0 Å². The third-order valence-electron chi connectivity index (χ3n) is 7.12. The average Bonchev–Trinajstić information content (AvgIpc) is 2.86. The Hall–Kier alpha value is -2.86. The maximum atomic E-state index is 4.89. The summed E-state index contributed by atoms with van der Waals surface area (Å²) in [5.74, 6) is 0.193. The van der Waals surface area contributed by atoms with E-state index in [9.17, 15) is 0 Å². The van der Waals surface area contributed by atoms with E-state index in [2.05, 4.69) is 110 Å². The van der Waals surface area contributed by atoms with Crippen LogP contribution in [0.1, 0.15) is 61.6 Å². The monoisotopic (exact) mass is 419 g/mol. The van der Waals surface area contributed by atoms with E-state index in [1.54, 1.807) is 0 Å². The van der Waals surface area contributed by atoms with Crippen LogP contribution >= 0.6 is 0 Å². The molecule has 0 heteroatoms. The van der Waals surface area contributed by atoms with E-state index in [1.807, 2.05) is 0 Å². The van der Waals surface area contributed by atoms with Crippen molar-refractivity contribution in [3.63, 3.8) is 0 Å². The van der Waals surface area contributed by atoms with Gasteiger partial charge in [-0.2, -0.15) is 0 Å². The van der Waals surface area contributed by atoms with Crippen LogP contribution in [0.15, 0.2) is 103 Å². The summed E-state index contributed by atoms with van der Waals surface area (Å²) in [6, 6.07) is 37.6. The summed E-state index contributed by atoms with van der Waals surface area (Å²) >= 11 is 0. The Labute approximate surface area is 194 Å². The van der Waals surface area contributed by atoms with Gasteiger partial charge in [0.15, 0.2) is 0 Å². The topological polar surface area (TPSA) is 0 Å². The fraction of sp³-hybridized carbons (Fsp3) is 0.281. The smallest absolute Gasteiger partial charge is 0.00219 e. The van der Waals surface area contributed by atoms with Crippen LogP contribution in [-0.2, 0) is 11.8 Å². The number of rotatable bonds is 10. The minimum Gasteiger partial charge on any atom is -0.0654 e. The fourth-order valence-corrected chi connectivity index (χ4v) is 5.33. The molecule has 2 unspecified atom stereocenters. The second kappa shape index (κ2) is 10.6. The summed E-state index contributed by atoms with van der Waals surface area (Å²) in [7, 11) is 0. The van der Waals surface area contributed by atoms with E-state index in [4.69, 9.17) is 6.92 Å². The Balaban J connectivity index is 1.75. The molecule has 0 saturated carbocycles. The lowest BCUT2D eigenvalue weighted by molar-refractivity contribution is 0.310. The molecule has 163 valence electrons. The first-order chi connectivity index (χ1) is 15.7. The van der Waals surface area contributed by atoms with Crippen molar-refractivity contribution in [3.8, 4) is 0 Å². The molecule has 0 aliphatic rings. The Morgan fingerprint density at radius 1 is 0.688 bits per heavy atom. The van der Waals surface area contributed by atoms with Gasteiger partial charge in [0.1, 0.15) is 0 Å². The van der Waals surface area contributed by atoms with Crippen molar-refractivity contribution in [2.45, 2.75) is 56.8 Å². The summed E-state index contributed by atoms with van der Waals surface area (Å²) in [6.45, 7) is 7.19. The number of aryl methyl sites for hydroxylation is 1. The first-order valence-electron chi connectivity index (χ1n) is 12.1. The highest BCUT2D eigenvalue weighted by Gasteiger charge is 2.38. The van der Waals surface area contributed by atoms with Crippen molar-refractivity contribution in [2.75, 3.05) is 0 Å². The number of hydrogen-bond acceptors (Lipinski definition) is 0. The van der Waals surface area contributed by atoms with Gasteiger partial charge in [-0.3, -0.25) is 0 Å². The number of unbranched alkanes of at least 4 members (excludes halogenated alkanes) is 1. The molecule has 0 N–H and O–H groups in total. The lowest BCUT2D eigenvalue weighted by atomic mass is 9.62. The maximum Gasteiger partial charge on any atom is 0.00219 e. The lowest BCUT2D eigenvalue weighted by Gasteiger charge is -2.41. The van der Waals surface area contributed by atoms with Gasteiger partial charge in [0, 0.05) is 5.41 Å². The Bertz CT molecular complexity index is 1090. The molecule has 32 heavy (non-hydrogen) atoms. The Morgan fingerprint density at radius 2 is 1.31 bits per heavy atom. The molecule has 0 heterocycles. The predicted octanol–water partition coefficient (Wildman–Crippen LogP) is 8.91. The van der Waals surface area contributed by atoms with Crippen LogP contribution in [-0.4, -0.2) is 0 Å². The molecular weight excluding hydrogens is 384 g/mol. The molecule has 0 nitrogen and oxygen atoms in total. The van der Waals surface area contributed by atoms with Crippen LogP contribution in [0.5, 0.6) is 0 Å². The van der Waals surface area contributed by atoms with E-state index in [0.717, 1.165) is 12.8 Å². The van der Waals surface area contributed by atoms with E-state index in [0.29, 0.717) is 0 Å². The van der Waals surface area contributed by atoms with Crippen molar-refractivity contribution >= 4 is 10.8 Å². The predicted molar refractivity (Wildman–Crippen MR) is 139 cm³/mol. The average molecular weight is 420 g/mol. The zero-order valence-electron chi connectivity index (χ0n) is 19.3. The highest BCUT2D eigenvalue weighted by atomic mass is 14.4. The van der Waals surface area contributed by atoms with Crippen LogP contribution < -0.4 is 0 Å². The minimum atomic E-state index is 0.0240. The molecule has 1 radical (unpaired) electrons. The molecule has 2 atom stereocenters. The normalized spacial score (nSPS) is 14.2. The van der Waals surface area contributed by atoms with Crippen molar-refractivity contribution in [1.82, 2.24) is 0 Å². The van der Waals surface area contributed by atoms with E-state index in [-0.39, 0.29) is 11.3 Å². The third kappa shape index (κ3) is 4.80. The SMILES string of the molecule is [CH2]C(c1cccc2ccccc12)C(CCCC)(CCCc1ccccc1)c1ccccc1. The van der Waals surface area contributed by atoms with Gasteiger partial charge in [-0.15, -0.1) is 0 Å².